The summed E-state index contributed by atoms with van der Waals surface area (Å²) in [5.41, 5.74) is 1.10. The Morgan fingerprint density at radius 1 is 1.31 bits per heavy atom. The number of hydrogen-bond donors (Lipinski definition) is 1. The highest BCUT2D eigenvalue weighted by Crippen LogP contribution is 2.04. The van der Waals surface area contributed by atoms with Crippen molar-refractivity contribution in [1.82, 2.24) is 5.32 Å². The van der Waals surface area contributed by atoms with Crippen LogP contribution in [0.5, 0.6) is 0 Å². The molecule has 1 aromatic rings. The fourth-order valence-corrected chi connectivity index (χ4v) is 1.66. The van der Waals surface area contributed by atoms with Crippen LogP contribution in [0.1, 0.15) is 25.3 Å². The normalized spacial score (nSPS) is 12.7. The Bertz CT molecular complexity index is 280. The molecular weight excluding hydrogens is 205 g/mol. The van der Waals surface area contributed by atoms with Crippen LogP contribution in [0.3, 0.4) is 0 Å². The molecule has 0 spiro atoms. The van der Waals surface area contributed by atoms with Gasteiger partial charge in [-0.3, -0.25) is 0 Å². The summed E-state index contributed by atoms with van der Waals surface area (Å²) in [4.78, 5) is 0. The van der Waals surface area contributed by atoms with Crippen LogP contribution in [-0.4, -0.2) is 19.8 Å². The van der Waals surface area contributed by atoms with Gasteiger partial charge in [0.25, 0.3) is 0 Å². The molecule has 90 valence electrons. The molecule has 1 rings (SSSR count). The molecule has 16 heavy (non-hydrogen) atoms. The highest BCUT2D eigenvalue weighted by atomic mass is 19.1. The second-order valence-corrected chi connectivity index (χ2v) is 3.95. The molecule has 1 N–H and O–H groups in total. The van der Waals surface area contributed by atoms with Gasteiger partial charge in [0, 0.05) is 19.7 Å². The zero-order chi connectivity index (χ0) is 11.8. The van der Waals surface area contributed by atoms with E-state index in [1.807, 2.05) is 0 Å². The molecule has 0 aliphatic carbocycles. The van der Waals surface area contributed by atoms with E-state index in [0.29, 0.717) is 6.04 Å². The van der Waals surface area contributed by atoms with E-state index >= 15 is 0 Å². The van der Waals surface area contributed by atoms with E-state index in [1.54, 1.807) is 19.2 Å². The molecule has 1 aromatic carbocycles. The lowest BCUT2D eigenvalue weighted by atomic mass is 10.1. The van der Waals surface area contributed by atoms with Crippen LogP contribution in [0.25, 0.3) is 0 Å². The first-order chi connectivity index (χ1) is 7.76. The second kappa shape index (κ2) is 7.36. The standard InChI is InChI=1S/C13H20FNO/c1-3-4-13(10-16-2)15-9-11-5-7-12(14)8-6-11/h5-8,13,15H,3-4,9-10H2,1-2H3. The Labute approximate surface area is 96.8 Å². The SMILES string of the molecule is CCCC(COC)NCc1ccc(F)cc1. The van der Waals surface area contributed by atoms with Gasteiger partial charge in [-0.1, -0.05) is 25.5 Å². The predicted molar refractivity (Wildman–Crippen MR) is 63.8 cm³/mol. The average molecular weight is 225 g/mol. The number of rotatable bonds is 7. The number of halogens is 1. The summed E-state index contributed by atoms with van der Waals surface area (Å²) in [5.74, 6) is -0.189. The van der Waals surface area contributed by atoms with E-state index in [1.165, 1.54) is 12.1 Å². The van der Waals surface area contributed by atoms with Gasteiger partial charge in [-0.05, 0) is 24.1 Å². The fraction of sp³-hybridized carbons (Fsp3) is 0.538. The quantitative estimate of drug-likeness (QED) is 0.770. The van der Waals surface area contributed by atoms with E-state index in [0.717, 1.165) is 31.6 Å². The Morgan fingerprint density at radius 3 is 2.56 bits per heavy atom. The van der Waals surface area contributed by atoms with Crippen LogP contribution >= 0.6 is 0 Å². The Balaban J connectivity index is 2.38. The van der Waals surface area contributed by atoms with Gasteiger partial charge < -0.3 is 10.1 Å². The molecule has 1 unspecified atom stereocenters. The van der Waals surface area contributed by atoms with Crippen LogP contribution in [-0.2, 0) is 11.3 Å². The third kappa shape index (κ3) is 4.73. The Hall–Kier alpha value is -0.930. The number of methoxy groups -OCH3 is 1. The van der Waals surface area contributed by atoms with Crippen molar-refractivity contribution in [2.75, 3.05) is 13.7 Å². The van der Waals surface area contributed by atoms with E-state index < -0.39 is 0 Å². The molecule has 0 bridgehead atoms. The molecular formula is C13H20FNO. The van der Waals surface area contributed by atoms with Crippen LogP contribution in [0.15, 0.2) is 24.3 Å². The van der Waals surface area contributed by atoms with Gasteiger partial charge in [0.05, 0.1) is 6.61 Å². The van der Waals surface area contributed by atoms with Crippen molar-refractivity contribution in [1.29, 1.82) is 0 Å². The van der Waals surface area contributed by atoms with Gasteiger partial charge in [-0.15, -0.1) is 0 Å². The lowest BCUT2D eigenvalue weighted by Crippen LogP contribution is -2.32. The third-order valence-electron chi connectivity index (χ3n) is 2.51. The number of benzene rings is 1. The van der Waals surface area contributed by atoms with Gasteiger partial charge >= 0.3 is 0 Å². The summed E-state index contributed by atoms with van der Waals surface area (Å²) in [7, 11) is 1.71. The van der Waals surface area contributed by atoms with Crippen molar-refractivity contribution >= 4 is 0 Å². The summed E-state index contributed by atoms with van der Waals surface area (Å²) in [5, 5.41) is 3.41. The number of nitrogens with one attached hydrogen (secondary N) is 1. The molecule has 0 saturated carbocycles. The van der Waals surface area contributed by atoms with Crippen molar-refractivity contribution in [3.05, 3.63) is 35.6 Å². The molecule has 0 aliphatic heterocycles. The van der Waals surface area contributed by atoms with Crippen molar-refractivity contribution in [2.24, 2.45) is 0 Å². The zero-order valence-corrected chi connectivity index (χ0v) is 10.0. The summed E-state index contributed by atoms with van der Waals surface area (Å²) in [6.45, 7) is 3.63. The zero-order valence-electron chi connectivity index (χ0n) is 10.0. The maximum Gasteiger partial charge on any atom is 0.123 e. The first-order valence-corrected chi connectivity index (χ1v) is 5.73. The first kappa shape index (κ1) is 13.1. The monoisotopic (exact) mass is 225 g/mol. The van der Waals surface area contributed by atoms with Gasteiger partial charge in [-0.25, -0.2) is 4.39 Å². The topological polar surface area (TPSA) is 21.3 Å². The molecule has 0 saturated heterocycles. The fourth-order valence-electron chi connectivity index (χ4n) is 1.66. The van der Waals surface area contributed by atoms with Crippen molar-refractivity contribution < 1.29 is 9.13 Å². The molecule has 0 amide bonds. The highest BCUT2D eigenvalue weighted by molar-refractivity contribution is 5.15. The van der Waals surface area contributed by atoms with Gasteiger partial charge in [0.1, 0.15) is 5.82 Å². The average Bonchev–Trinajstić information content (AvgIpc) is 2.29. The van der Waals surface area contributed by atoms with E-state index in [9.17, 15) is 4.39 Å². The molecule has 0 aliphatic rings. The summed E-state index contributed by atoms with van der Waals surface area (Å²) < 4.78 is 17.8. The molecule has 1 atom stereocenters. The predicted octanol–water partition coefficient (Wildman–Crippen LogP) is 2.73. The van der Waals surface area contributed by atoms with E-state index in [2.05, 4.69) is 12.2 Å². The Morgan fingerprint density at radius 2 is 2.00 bits per heavy atom. The summed E-state index contributed by atoms with van der Waals surface area (Å²) >= 11 is 0. The minimum absolute atomic E-state index is 0.189. The van der Waals surface area contributed by atoms with Crippen molar-refractivity contribution in [2.45, 2.75) is 32.4 Å². The van der Waals surface area contributed by atoms with Crippen LogP contribution < -0.4 is 5.32 Å². The summed E-state index contributed by atoms with van der Waals surface area (Å²) in [6.07, 6.45) is 2.22. The lowest BCUT2D eigenvalue weighted by Gasteiger charge is -2.17. The first-order valence-electron chi connectivity index (χ1n) is 5.73. The number of ether oxygens (including phenoxy) is 1. The molecule has 3 heteroatoms. The summed E-state index contributed by atoms with van der Waals surface area (Å²) in [6, 6.07) is 6.96. The second-order valence-electron chi connectivity index (χ2n) is 3.95. The highest BCUT2D eigenvalue weighted by Gasteiger charge is 2.06. The van der Waals surface area contributed by atoms with Gasteiger partial charge in [-0.2, -0.15) is 0 Å². The van der Waals surface area contributed by atoms with Gasteiger partial charge in [0.15, 0.2) is 0 Å². The van der Waals surface area contributed by atoms with Crippen molar-refractivity contribution in [3.63, 3.8) is 0 Å². The molecule has 0 radical (unpaired) electrons. The third-order valence-corrected chi connectivity index (χ3v) is 2.51. The maximum absolute atomic E-state index is 12.7. The molecule has 0 heterocycles. The maximum atomic E-state index is 12.7. The van der Waals surface area contributed by atoms with Gasteiger partial charge in [0.2, 0.25) is 0 Å². The minimum atomic E-state index is -0.189. The lowest BCUT2D eigenvalue weighted by molar-refractivity contribution is 0.161. The van der Waals surface area contributed by atoms with Crippen LogP contribution in [0.2, 0.25) is 0 Å². The number of hydrogen-bond acceptors (Lipinski definition) is 2. The Kier molecular flexibility index (Phi) is 6.04. The van der Waals surface area contributed by atoms with E-state index in [4.69, 9.17) is 4.74 Å². The van der Waals surface area contributed by atoms with Crippen LogP contribution in [0, 0.1) is 5.82 Å². The van der Waals surface area contributed by atoms with E-state index in [-0.39, 0.29) is 5.82 Å². The van der Waals surface area contributed by atoms with Crippen LogP contribution in [0.4, 0.5) is 4.39 Å². The smallest absolute Gasteiger partial charge is 0.123 e. The minimum Gasteiger partial charge on any atom is -0.383 e. The molecule has 0 aromatic heterocycles. The molecule has 0 fully saturated rings. The largest absolute Gasteiger partial charge is 0.383 e. The molecule has 2 nitrogen and oxygen atoms in total. The van der Waals surface area contributed by atoms with Crippen molar-refractivity contribution in [3.8, 4) is 0 Å².